The molecule has 0 saturated heterocycles. The summed E-state index contributed by atoms with van der Waals surface area (Å²) in [5.41, 5.74) is 6.71. The standard InChI is InChI=1S/C20H24N2O5/c1-13-9-14(2)11-18(10-13)26-12-19(23)21-22-20(24)15(3)27-17-7-5-16(25-4)6-8-17/h5-11,15H,12H2,1-4H3,(H,21,23)(H,22,24). The summed E-state index contributed by atoms with van der Waals surface area (Å²) in [5, 5.41) is 0. The molecule has 0 aliphatic heterocycles. The fourth-order valence-electron chi connectivity index (χ4n) is 2.35. The molecule has 0 spiro atoms. The van der Waals surface area contributed by atoms with Gasteiger partial charge in [0.25, 0.3) is 11.8 Å². The first-order chi connectivity index (χ1) is 12.9. The number of aryl methyl sites for hydroxylation is 2. The lowest BCUT2D eigenvalue weighted by molar-refractivity contribution is -0.133. The van der Waals surface area contributed by atoms with Gasteiger partial charge in [0.05, 0.1) is 7.11 Å². The molecule has 0 radical (unpaired) electrons. The van der Waals surface area contributed by atoms with Gasteiger partial charge in [-0.3, -0.25) is 20.4 Å². The number of hydrogen-bond donors (Lipinski definition) is 2. The molecular weight excluding hydrogens is 348 g/mol. The number of benzene rings is 2. The van der Waals surface area contributed by atoms with Gasteiger partial charge in [-0.1, -0.05) is 6.07 Å². The van der Waals surface area contributed by atoms with Crippen LogP contribution in [0.3, 0.4) is 0 Å². The lowest BCUT2D eigenvalue weighted by Crippen LogP contribution is -2.48. The van der Waals surface area contributed by atoms with Crippen molar-refractivity contribution < 1.29 is 23.8 Å². The Morgan fingerprint density at radius 1 is 0.926 bits per heavy atom. The molecule has 2 amide bonds. The average molecular weight is 372 g/mol. The highest BCUT2D eigenvalue weighted by Crippen LogP contribution is 2.18. The van der Waals surface area contributed by atoms with Crippen LogP contribution in [0.5, 0.6) is 17.2 Å². The van der Waals surface area contributed by atoms with Gasteiger partial charge in [-0.2, -0.15) is 0 Å². The zero-order valence-electron chi connectivity index (χ0n) is 15.9. The monoisotopic (exact) mass is 372 g/mol. The molecule has 0 saturated carbocycles. The first kappa shape index (κ1) is 20.1. The van der Waals surface area contributed by atoms with E-state index >= 15 is 0 Å². The summed E-state index contributed by atoms with van der Waals surface area (Å²) in [5.74, 6) is 0.855. The van der Waals surface area contributed by atoms with Crippen molar-refractivity contribution in [1.82, 2.24) is 10.9 Å². The summed E-state index contributed by atoms with van der Waals surface area (Å²) < 4.78 is 16.0. The Morgan fingerprint density at radius 2 is 1.52 bits per heavy atom. The lowest BCUT2D eigenvalue weighted by Gasteiger charge is -2.15. The van der Waals surface area contributed by atoms with Gasteiger partial charge in [-0.25, -0.2) is 0 Å². The number of hydrazine groups is 1. The summed E-state index contributed by atoms with van der Waals surface area (Å²) >= 11 is 0. The fraction of sp³-hybridized carbons (Fsp3) is 0.300. The highest BCUT2D eigenvalue weighted by molar-refractivity contribution is 5.85. The fourth-order valence-corrected chi connectivity index (χ4v) is 2.35. The Balaban J connectivity index is 1.75. The second-order valence-corrected chi connectivity index (χ2v) is 6.09. The van der Waals surface area contributed by atoms with E-state index in [0.717, 1.165) is 11.1 Å². The van der Waals surface area contributed by atoms with Crippen LogP contribution in [0, 0.1) is 13.8 Å². The van der Waals surface area contributed by atoms with Gasteiger partial charge in [0.15, 0.2) is 12.7 Å². The predicted octanol–water partition coefficient (Wildman–Crippen LogP) is 2.31. The number of rotatable bonds is 7. The molecule has 2 N–H and O–H groups in total. The van der Waals surface area contributed by atoms with Crippen LogP contribution in [0.15, 0.2) is 42.5 Å². The summed E-state index contributed by atoms with van der Waals surface area (Å²) in [4.78, 5) is 23.9. The van der Waals surface area contributed by atoms with Crippen molar-refractivity contribution in [2.45, 2.75) is 26.9 Å². The van der Waals surface area contributed by atoms with Crippen LogP contribution >= 0.6 is 0 Å². The molecule has 0 heterocycles. The van der Waals surface area contributed by atoms with Gasteiger partial charge >= 0.3 is 0 Å². The molecule has 1 unspecified atom stereocenters. The Bertz CT molecular complexity index is 769. The van der Waals surface area contributed by atoms with Crippen molar-refractivity contribution in [1.29, 1.82) is 0 Å². The molecule has 2 rings (SSSR count). The summed E-state index contributed by atoms with van der Waals surface area (Å²) in [6.07, 6.45) is -0.793. The highest BCUT2D eigenvalue weighted by atomic mass is 16.5. The van der Waals surface area contributed by atoms with Crippen molar-refractivity contribution in [3.63, 3.8) is 0 Å². The molecule has 1 atom stereocenters. The number of nitrogens with one attached hydrogen (secondary N) is 2. The van der Waals surface area contributed by atoms with Crippen LogP contribution in [-0.4, -0.2) is 31.6 Å². The van der Waals surface area contributed by atoms with E-state index < -0.39 is 17.9 Å². The number of hydrogen-bond acceptors (Lipinski definition) is 5. The van der Waals surface area contributed by atoms with E-state index in [2.05, 4.69) is 10.9 Å². The molecule has 7 heteroatoms. The second kappa shape index (κ2) is 9.47. The number of carbonyl (C=O) groups is 2. The molecular formula is C20H24N2O5. The normalized spacial score (nSPS) is 11.3. The Kier molecular flexibility index (Phi) is 7.05. The SMILES string of the molecule is COc1ccc(OC(C)C(=O)NNC(=O)COc2cc(C)cc(C)c2)cc1. The smallest absolute Gasteiger partial charge is 0.279 e. The van der Waals surface area contributed by atoms with Crippen LogP contribution in [0.4, 0.5) is 0 Å². The first-order valence-corrected chi connectivity index (χ1v) is 8.48. The second-order valence-electron chi connectivity index (χ2n) is 6.09. The Hall–Kier alpha value is -3.22. The predicted molar refractivity (Wildman–Crippen MR) is 101 cm³/mol. The van der Waals surface area contributed by atoms with E-state index in [1.165, 1.54) is 0 Å². The zero-order valence-corrected chi connectivity index (χ0v) is 15.9. The van der Waals surface area contributed by atoms with Crippen LogP contribution in [0.2, 0.25) is 0 Å². The zero-order chi connectivity index (χ0) is 19.8. The molecule has 7 nitrogen and oxygen atoms in total. The maximum Gasteiger partial charge on any atom is 0.279 e. The molecule has 27 heavy (non-hydrogen) atoms. The van der Waals surface area contributed by atoms with Gasteiger partial charge in [-0.05, 0) is 68.3 Å². The topological polar surface area (TPSA) is 85.9 Å². The van der Waals surface area contributed by atoms with E-state index in [1.807, 2.05) is 32.0 Å². The molecule has 2 aromatic carbocycles. The van der Waals surface area contributed by atoms with Crippen molar-refractivity contribution in [3.05, 3.63) is 53.6 Å². The Morgan fingerprint density at radius 3 is 2.11 bits per heavy atom. The quantitative estimate of drug-likeness (QED) is 0.729. The number of carbonyl (C=O) groups excluding carboxylic acids is 2. The average Bonchev–Trinajstić information content (AvgIpc) is 2.64. The third kappa shape index (κ3) is 6.54. The van der Waals surface area contributed by atoms with Gasteiger partial charge in [0, 0.05) is 0 Å². The molecule has 2 aromatic rings. The van der Waals surface area contributed by atoms with Crippen molar-refractivity contribution >= 4 is 11.8 Å². The van der Waals surface area contributed by atoms with E-state index in [4.69, 9.17) is 14.2 Å². The minimum absolute atomic E-state index is 0.211. The van der Waals surface area contributed by atoms with E-state index in [9.17, 15) is 9.59 Å². The van der Waals surface area contributed by atoms with E-state index in [-0.39, 0.29) is 6.61 Å². The summed E-state index contributed by atoms with van der Waals surface area (Å²) in [6, 6.07) is 12.5. The van der Waals surface area contributed by atoms with Crippen molar-refractivity contribution in [2.75, 3.05) is 13.7 Å². The van der Waals surface area contributed by atoms with Crippen LogP contribution in [-0.2, 0) is 9.59 Å². The molecule has 0 aliphatic carbocycles. The third-order valence-electron chi connectivity index (χ3n) is 3.63. The lowest BCUT2D eigenvalue weighted by atomic mass is 10.1. The number of ether oxygens (including phenoxy) is 3. The molecule has 0 aromatic heterocycles. The van der Waals surface area contributed by atoms with Crippen LogP contribution in [0.25, 0.3) is 0 Å². The van der Waals surface area contributed by atoms with E-state index in [0.29, 0.717) is 17.2 Å². The molecule has 144 valence electrons. The van der Waals surface area contributed by atoms with Crippen molar-refractivity contribution in [2.24, 2.45) is 0 Å². The highest BCUT2D eigenvalue weighted by Gasteiger charge is 2.15. The maximum absolute atomic E-state index is 12.0. The van der Waals surface area contributed by atoms with E-state index in [1.54, 1.807) is 38.3 Å². The van der Waals surface area contributed by atoms with Gasteiger partial charge in [0.2, 0.25) is 0 Å². The molecule has 0 fully saturated rings. The minimum Gasteiger partial charge on any atom is -0.497 e. The largest absolute Gasteiger partial charge is 0.497 e. The first-order valence-electron chi connectivity index (χ1n) is 8.48. The minimum atomic E-state index is -0.793. The van der Waals surface area contributed by atoms with Gasteiger partial charge in [0.1, 0.15) is 17.2 Å². The maximum atomic E-state index is 12.0. The molecule has 0 bridgehead atoms. The van der Waals surface area contributed by atoms with Crippen molar-refractivity contribution in [3.8, 4) is 17.2 Å². The summed E-state index contributed by atoms with van der Waals surface area (Å²) in [7, 11) is 1.57. The van der Waals surface area contributed by atoms with Crippen LogP contribution < -0.4 is 25.1 Å². The summed E-state index contributed by atoms with van der Waals surface area (Å²) in [6.45, 7) is 5.27. The third-order valence-corrected chi connectivity index (χ3v) is 3.63. The van der Waals surface area contributed by atoms with Gasteiger partial charge in [-0.15, -0.1) is 0 Å². The number of methoxy groups -OCH3 is 1. The molecule has 0 aliphatic rings. The van der Waals surface area contributed by atoms with Crippen LogP contribution in [0.1, 0.15) is 18.1 Å². The Labute approximate surface area is 158 Å². The van der Waals surface area contributed by atoms with Gasteiger partial charge < -0.3 is 14.2 Å². The number of amides is 2.